The van der Waals surface area contributed by atoms with E-state index in [1.165, 1.54) is 31.4 Å². The molecule has 2 rings (SSSR count). The third-order valence-electron chi connectivity index (χ3n) is 2.75. The SMILES string of the molecule is COc1ccc(C(O)c2ccc(Cl)c(F)c2)cc1F. The van der Waals surface area contributed by atoms with Crippen molar-refractivity contribution in [3.63, 3.8) is 0 Å². The van der Waals surface area contributed by atoms with Gasteiger partial charge in [-0.25, -0.2) is 8.78 Å². The quantitative estimate of drug-likeness (QED) is 0.931. The third-order valence-corrected chi connectivity index (χ3v) is 3.06. The highest BCUT2D eigenvalue weighted by molar-refractivity contribution is 6.30. The number of halogens is 3. The summed E-state index contributed by atoms with van der Waals surface area (Å²) in [7, 11) is 1.35. The first-order valence-corrected chi connectivity index (χ1v) is 5.87. The number of methoxy groups -OCH3 is 1. The van der Waals surface area contributed by atoms with Crippen LogP contribution in [0.2, 0.25) is 5.02 Å². The fourth-order valence-corrected chi connectivity index (χ4v) is 1.85. The van der Waals surface area contributed by atoms with Gasteiger partial charge in [0, 0.05) is 0 Å². The van der Waals surface area contributed by atoms with E-state index in [1.807, 2.05) is 0 Å². The lowest BCUT2D eigenvalue weighted by Crippen LogP contribution is -2.01. The van der Waals surface area contributed by atoms with Gasteiger partial charge in [-0.15, -0.1) is 0 Å². The number of hydrogen-bond acceptors (Lipinski definition) is 2. The average Bonchev–Trinajstić information content (AvgIpc) is 2.41. The molecule has 0 aliphatic carbocycles. The van der Waals surface area contributed by atoms with E-state index in [2.05, 4.69) is 0 Å². The minimum Gasteiger partial charge on any atom is -0.494 e. The van der Waals surface area contributed by atoms with Crippen molar-refractivity contribution in [1.82, 2.24) is 0 Å². The van der Waals surface area contributed by atoms with Gasteiger partial charge in [-0.2, -0.15) is 0 Å². The van der Waals surface area contributed by atoms with Crippen molar-refractivity contribution < 1.29 is 18.6 Å². The van der Waals surface area contributed by atoms with E-state index in [-0.39, 0.29) is 10.8 Å². The van der Waals surface area contributed by atoms with E-state index in [4.69, 9.17) is 16.3 Å². The number of aliphatic hydroxyl groups excluding tert-OH is 1. The van der Waals surface area contributed by atoms with Crippen LogP contribution in [0.4, 0.5) is 8.78 Å². The molecule has 1 unspecified atom stereocenters. The standard InChI is InChI=1S/C14H11ClF2O2/c1-19-13-5-3-9(7-12(13)17)14(18)8-2-4-10(15)11(16)6-8/h2-7,14,18H,1H3. The van der Waals surface area contributed by atoms with Crippen molar-refractivity contribution in [2.75, 3.05) is 7.11 Å². The molecule has 0 radical (unpaired) electrons. The summed E-state index contributed by atoms with van der Waals surface area (Å²) in [4.78, 5) is 0. The fraction of sp³-hybridized carbons (Fsp3) is 0.143. The topological polar surface area (TPSA) is 29.5 Å². The van der Waals surface area contributed by atoms with E-state index in [1.54, 1.807) is 0 Å². The van der Waals surface area contributed by atoms with Gasteiger partial charge in [0.15, 0.2) is 11.6 Å². The zero-order valence-electron chi connectivity index (χ0n) is 10.0. The lowest BCUT2D eigenvalue weighted by Gasteiger charge is -2.13. The summed E-state index contributed by atoms with van der Waals surface area (Å²) in [6.07, 6.45) is -1.13. The van der Waals surface area contributed by atoms with E-state index in [9.17, 15) is 13.9 Å². The van der Waals surface area contributed by atoms with Crippen LogP contribution in [0.15, 0.2) is 36.4 Å². The van der Waals surface area contributed by atoms with Crippen LogP contribution in [0.1, 0.15) is 17.2 Å². The molecule has 0 fully saturated rings. The molecule has 2 aromatic rings. The van der Waals surface area contributed by atoms with Gasteiger partial charge in [-0.3, -0.25) is 0 Å². The van der Waals surface area contributed by atoms with Gasteiger partial charge < -0.3 is 9.84 Å². The van der Waals surface area contributed by atoms with Crippen molar-refractivity contribution in [2.24, 2.45) is 0 Å². The molecule has 0 aliphatic rings. The molecular formula is C14H11ClF2O2. The highest BCUT2D eigenvalue weighted by atomic mass is 35.5. The summed E-state index contributed by atoms with van der Waals surface area (Å²) in [6.45, 7) is 0. The molecule has 100 valence electrons. The highest BCUT2D eigenvalue weighted by Crippen LogP contribution is 2.28. The van der Waals surface area contributed by atoms with Gasteiger partial charge in [0.1, 0.15) is 11.9 Å². The highest BCUT2D eigenvalue weighted by Gasteiger charge is 2.14. The molecule has 2 aromatic carbocycles. The Labute approximate surface area is 114 Å². The first kappa shape index (κ1) is 13.8. The molecule has 0 amide bonds. The van der Waals surface area contributed by atoms with Crippen LogP contribution in [-0.4, -0.2) is 12.2 Å². The maximum absolute atomic E-state index is 13.5. The first-order chi connectivity index (χ1) is 9.02. The predicted octanol–water partition coefficient (Wildman–Crippen LogP) is 3.71. The van der Waals surface area contributed by atoms with E-state index >= 15 is 0 Å². The summed E-state index contributed by atoms with van der Waals surface area (Å²) >= 11 is 5.56. The van der Waals surface area contributed by atoms with Crippen molar-refractivity contribution in [1.29, 1.82) is 0 Å². The Morgan fingerprint density at radius 2 is 1.63 bits per heavy atom. The second kappa shape index (κ2) is 5.55. The normalized spacial score (nSPS) is 12.3. The maximum atomic E-state index is 13.5. The molecule has 0 aliphatic heterocycles. The van der Waals surface area contributed by atoms with Crippen LogP contribution in [0.3, 0.4) is 0 Å². The van der Waals surface area contributed by atoms with E-state index in [0.29, 0.717) is 11.1 Å². The summed E-state index contributed by atoms with van der Waals surface area (Å²) < 4.78 is 31.6. The van der Waals surface area contributed by atoms with Crippen molar-refractivity contribution in [2.45, 2.75) is 6.10 Å². The maximum Gasteiger partial charge on any atom is 0.165 e. The Morgan fingerprint density at radius 1 is 1.05 bits per heavy atom. The third kappa shape index (κ3) is 2.85. The van der Waals surface area contributed by atoms with E-state index < -0.39 is 17.7 Å². The van der Waals surface area contributed by atoms with Crippen LogP contribution < -0.4 is 4.74 Å². The number of hydrogen-bond donors (Lipinski definition) is 1. The van der Waals surface area contributed by atoms with Crippen molar-refractivity contribution in [3.05, 3.63) is 64.2 Å². The Hall–Kier alpha value is -1.65. The minimum atomic E-state index is -1.13. The molecule has 0 aromatic heterocycles. The summed E-state index contributed by atoms with van der Waals surface area (Å²) in [5.41, 5.74) is 0.603. The van der Waals surface area contributed by atoms with Crippen LogP contribution in [0, 0.1) is 11.6 Å². The summed E-state index contributed by atoms with van der Waals surface area (Å²) in [5, 5.41) is 10.0. The molecule has 1 N–H and O–H groups in total. The molecule has 0 bridgehead atoms. The monoisotopic (exact) mass is 284 g/mol. The molecule has 0 saturated heterocycles. The van der Waals surface area contributed by atoms with Gasteiger partial charge in [0.25, 0.3) is 0 Å². The Kier molecular flexibility index (Phi) is 4.02. The smallest absolute Gasteiger partial charge is 0.165 e. The molecule has 5 heteroatoms. The molecule has 0 saturated carbocycles. The zero-order chi connectivity index (χ0) is 14.0. The van der Waals surface area contributed by atoms with Crippen LogP contribution in [0.5, 0.6) is 5.75 Å². The van der Waals surface area contributed by atoms with Crippen molar-refractivity contribution in [3.8, 4) is 5.75 Å². The second-order valence-corrected chi connectivity index (χ2v) is 4.38. The van der Waals surface area contributed by atoms with Crippen molar-refractivity contribution >= 4 is 11.6 Å². The Bertz CT molecular complexity index is 602. The Morgan fingerprint density at radius 3 is 2.16 bits per heavy atom. The molecule has 0 spiro atoms. The lowest BCUT2D eigenvalue weighted by atomic mass is 10.0. The van der Waals surface area contributed by atoms with E-state index in [0.717, 1.165) is 12.1 Å². The fourth-order valence-electron chi connectivity index (χ4n) is 1.73. The molecule has 19 heavy (non-hydrogen) atoms. The van der Waals surface area contributed by atoms with Gasteiger partial charge >= 0.3 is 0 Å². The van der Waals surface area contributed by atoms with Gasteiger partial charge in [0.2, 0.25) is 0 Å². The van der Waals surface area contributed by atoms with Crippen LogP contribution in [-0.2, 0) is 0 Å². The molecule has 0 heterocycles. The molecule has 2 nitrogen and oxygen atoms in total. The zero-order valence-corrected chi connectivity index (χ0v) is 10.8. The second-order valence-electron chi connectivity index (χ2n) is 3.97. The van der Waals surface area contributed by atoms with Crippen LogP contribution >= 0.6 is 11.6 Å². The molecule has 1 atom stereocenters. The largest absolute Gasteiger partial charge is 0.494 e. The summed E-state index contributed by atoms with van der Waals surface area (Å²) in [6, 6.07) is 8.01. The minimum absolute atomic E-state index is 0.0307. The summed E-state index contributed by atoms with van der Waals surface area (Å²) in [5.74, 6) is -1.14. The van der Waals surface area contributed by atoms with Gasteiger partial charge in [-0.1, -0.05) is 23.7 Å². The first-order valence-electron chi connectivity index (χ1n) is 5.49. The number of aliphatic hydroxyl groups is 1. The lowest BCUT2D eigenvalue weighted by molar-refractivity contribution is 0.219. The number of ether oxygens (including phenoxy) is 1. The van der Waals surface area contributed by atoms with Crippen LogP contribution in [0.25, 0.3) is 0 Å². The predicted molar refractivity (Wildman–Crippen MR) is 68.4 cm³/mol. The van der Waals surface area contributed by atoms with Gasteiger partial charge in [-0.05, 0) is 35.4 Å². The number of benzene rings is 2. The Balaban J connectivity index is 2.35. The average molecular weight is 285 g/mol. The van der Waals surface area contributed by atoms with Gasteiger partial charge in [0.05, 0.1) is 12.1 Å². The molecular weight excluding hydrogens is 274 g/mol. The number of rotatable bonds is 3.